The lowest BCUT2D eigenvalue weighted by Gasteiger charge is -2.12. The lowest BCUT2D eigenvalue weighted by Crippen LogP contribution is -2.28. The minimum atomic E-state index is -4.14. The molecule has 0 heterocycles. The number of hydrogen-bond donors (Lipinski definition) is 1. The van der Waals surface area contributed by atoms with Crippen LogP contribution in [0.2, 0.25) is 5.02 Å². The topological polar surface area (TPSA) is 72.5 Å². The molecule has 9 heteroatoms. The van der Waals surface area contributed by atoms with Gasteiger partial charge in [0.25, 0.3) is 5.91 Å². The predicted octanol–water partition coefficient (Wildman–Crippen LogP) is 4.16. The maximum Gasteiger partial charge on any atom is 0.256 e. The fourth-order valence-electron chi connectivity index (χ4n) is 1.89. The highest BCUT2D eigenvalue weighted by atomic mass is 35.5. The first kappa shape index (κ1) is 19.6. The molecule has 0 spiro atoms. The number of methoxy groups -OCH3 is 1. The van der Waals surface area contributed by atoms with Crippen molar-refractivity contribution in [2.45, 2.75) is 4.90 Å². The van der Waals surface area contributed by atoms with E-state index >= 15 is 0 Å². The van der Waals surface area contributed by atoms with E-state index in [0.29, 0.717) is 10.8 Å². The monoisotopic (exact) mass is 419 g/mol. The van der Waals surface area contributed by atoms with Crippen LogP contribution in [0, 0.1) is 0 Å². The van der Waals surface area contributed by atoms with E-state index in [1.165, 1.54) is 43.5 Å². The molecule has 2 aromatic rings. The summed E-state index contributed by atoms with van der Waals surface area (Å²) in [5, 5.41) is 1.98. The SMILES string of the molecule is COc1cccc(C(=O)NC(=C(Cl)Cl)S(=O)(=O)c2ccc(Cl)cc2)c1. The fourth-order valence-corrected chi connectivity index (χ4v) is 3.88. The molecule has 0 aliphatic carbocycles. The van der Waals surface area contributed by atoms with Gasteiger partial charge in [0, 0.05) is 10.6 Å². The first-order valence-electron chi connectivity index (χ1n) is 6.77. The van der Waals surface area contributed by atoms with Gasteiger partial charge in [-0.15, -0.1) is 0 Å². The molecule has 5 nitrogen and oxygen atoms in total. The van der Waals surface area contributed by atoms with Crippen LogP contribution in [0.4, 0.5) is 0 Å². The number of ether oxygens (including phenoxy) is 1. The van der Waals surface area contributed by atoms with Crippen molar-refractivity contribution >= 4 is 50.5 Å². The second-order valence-electron chi connectivity index (χ2n) is 4.73. The molecule has 2 aromatic carbocycles. The number of hydrogen-bond acceptors (Lipinski definition) is 4. The van der Waals surface area contributed by atoms with Crippen LogP contribution in [0.3, 0.4) is 0 Å². The van der Waals surface area contributed by atoms with Crippen LogP contribution in [-0.4, -0.2) is 21.4 Å². The Kier molecular flexibility index (Phi) is 6.35. The highest BCUT2D eigenvalue weighted by Gasteiger charge is 2.26. The van der Waals surface area contributed by atoms with E-state index in [0.717, 1.165) is 0 Å². The van der Waals surface area contributed by atoms with Gasteiger partial charge in [-0.25, -0.2) is 8.42 Å². The zero-order chi connectivity index (χ0) is 18.6. The average Bonchev–Trinajstić information content (AvgIpc) is 2.59. The molecular weight excluding hydrogens is 409 g/mol. The van der Waals surface area contributed by atoms with E-state index in [1.807, 2.05) is 0 Å². The second kappa shape index (κ2) is 8.10. The van der Waals surface area contributed by atoms with Crippen molar-refractivity contribution in [3.8, 4) is 5.75 Å². The molecule has 0 bridgehead atoms. The molecular formula is C16H12Cl3NO4S. The molecule has 0 unspecified atom stereocenters. The van der Waals surface area contributed by atoms with Crippen LogP contribution in [0.1, 0.15) is 10.4 Å². The van der Waals surface area contributed by atoms with Crippen molar-refractivity contribution in [1.82, 2.24) is 5.32 Å². The Bertz CT molecular complexity index is 921. The van der Waals surface area contributed by atoms with Crippen molar-refractivity contribution in [1.29, 1.82) is 0 Å². The summed E-state index contributed by atoms with van der Waals surface area (Å²) in [7, 11) is -2.69. The van der Waals surface area contributed by atoms with Gasteiger partial charge in [-0.2, -0.15) is 0 Å². The summed E-state index contributed by atoms with van der Waals surface area (Å²) in [6.45, 7) is 0. The summed E-state index contributed by atoms with van der Waals surface area (Å²) in [6, 6.07) is 11.5. The molecule has 0 aromatic heterocycles. The summed E-state index contributed by atoms with van der Waals surface area (Å²) in [5.41, 5.74) is 0.178. The van der Waals surface area contributed by atoms with Crippen molar-refractivity contribution in [2.24, 2.45) is 0 Å². The van der Waals surface area contributed by atoms with Crippen molar-refractivity contribution in [3.05, 3.63) is 68.6 Å². The van der Waals surface area contributed by atoms with Crippen molar-refractivity contribution in [3.63, 3.8) is 0 Å². The molecule has 0 atom stereocenters. The molecule has 0 fully saturated rings. The first-order valence-corrected chi connectivity index (χ1v) is 9.38. The van der Waals surface area contributed by atoms with E-state index in [-0.39, 0.29) is 10.5 Å². The minimum Gasteiger partial charge on any atom is -0.497 e. The molecule has 0 saturated carbocycles. The van der Waals surface area contributed by atoms with Crippen molar-refractivity contribution in [2.75, 3.05) is 7.11 Å². The van der Waals surface area contributed by atoms with Crippen LogP contribution in [0.25, 0.3) is 0 Å². The Morgan fingerprint density at radius 2 is 1.72 bits per heavy atom. The number of nitrogens with one attached hydrogen (secondary N) is 1. The van der Waals surface area contributed by atoms with Crippen molar-refractivity contribution < 1.29 is 17.9 Å². The number of carbonyl (C=O) groups is 1. The van der Waals surface area contributed by atoms with Gasteiger partial charge in [0.15, 0.2) is 5.03 Å². The van der Waals surface area contributed by atoms with Crippen LogP contribution in [0.5, 0.6) is 5.75 Å². The van der Waals surface area contributed by atoms with Gasteiger partial charge in [0.05, 0.1) is 12.0 Å². The van der Waals surface area contributed by atoms with E-state index < -0.39 is 25.3 Å². The highest BCUT2D eigenvalue weighted by Crippen LogP contribution is 2.26. The van der Waals surface area contributed by atoms with Crippen LogP contribution in [-0.2, 0) is 9.84 Å². The molecule has 0 aliphatic rings. The maximum absolute atomic E-state index is 12.7. The zero-order valence-corrected chi connectivity index (χ0v) is 15.9. The molecule has 132 valence electrons. The Labute approximate surface area is 160 Å². The van der Waals surface area contributed by atoms with Gasteiger partial charge >= 0.3 is 0 Å². The van der Waals surface area contributed by atoms with E-state index in [9.17, 15) is 13.2 Å². The Hall–Kier alpha value is -1.73. The maximum atomic E-state index is 12.7. The lowest BCUT2D eigenvalue weighted by atomic mass is 10.2. The quantitative estimate of drug-likeness (QED) is 0.788. The number of rotatable bonds is 5. The molecule has 1 N–H and O–H groups in total. The van der Waals surface area contributed by atoms with Gasteiger partial charge < -0.3 is 10.1 Å². The third kappa shape index (κ3) is 4.67. The number of carbonyl (C=O) groups excluding carboxylic acids is 1. The third-order valence-corrected chi connectivity index (χ3v) is 5.71. The summed E-state index contributed by atoms with van der Waals surface area (Å²) in [6.07, 6.45) is 0. The predicted molar refractivity (Wildman–Crippen MR) is 97.8 cm³/mol. The molecule has 0 saturated heterocycles. The minimum absolute atomic E-state index is 0.114. The molecule has 25 heavy (non-hydrogen) atoms. The van der Waals surface area contributed by atoms with Gasteiger partial charge in [-0.05, 0) is 42.5 Å². The summed E-state index contributed by atoms with van der Waals surface area (Å²) < 4.78 is 29.8. The second-order valence-corrected chi connectivity index (χ2v) is 8.01. The normalized spacial score (nSPS) is 10.9. The summed E-state index contributed by atoms with van der Waals surface area (Å²) in [4.78, 5) is 12.2. The molecule has 0 radical (unpaired) electrons. The standard InChI is InChI=1S/C16H12Cl3NO4S/c1-24-12-4-2-3-10(9-12)15(21)20-16(14(18)19)25(22,23)13-7-5-11(17)6-8-13/h2-9H,1H3,(H,20,21). The Morgan fingerprint density at radius 1 is 1.08 bits per heavy atom. The highest BCUT2D eigenvalue weighted by molar-refractivity contribution is 7.95. The van der Waals surface area contributed by atoms with Gasteiger partial charge in [0.1, 0.15) is 10.2 Å². The number of sulfone groups is 1. The van der Waals surface area contributed by atoms with Crippen LogP contribution in [0.15, 0.2) is 62.9 Å². The third-order valence-electron chi connectivity index (χ3n) is 3.12. The van der Waals surface area contributed by atoms with Crippen LogP contribution < -0.4 is 10.1 Å². The fraction of sp³-hybridized carbons (Fsp3) is 0.0625. The number of halogens is 3. The summed E-state index contributed by atoms with van der Waals surface area (Å²) >= 11 is 17.2. The molecule has 0 aliphatic heterocycles. The van der Waals surface area contributed by atoms with Gasteiger partial charge in [-0.1, -0.05) is 40.9 Å². The molecule has 1 amide bonds. The van der Waals surface area contributed by atoms with E-state index in [2.05, 4.69) is 5.32 Å². The largest absolute Gasteiger partial charge is 0.497 e. The zero-order valence-electron chi connectivity index (χ0n) is 12.8. The summed E-state index contributed by atoms with van der Waals surface area (Å²) in [5.74, 6) is -0.263. The number of benzene rings is 2. The Morgan fingerprint density at radius 3 is 2.28 bits per heavy atom. The van der Waals surface area contributed by atoms with E-state index in [4.69, 9.17) is 39.5 Å². The van der Waals surface area contributed by atoms with Crippen LogP contribution >= 0.6 is 34.8 Å². The van der Waals surface area contributed by atoms with Gasteiger partial charge in [-0.3, -0.25) is 4.79 Å². The molecule has 2 rings (SSSR count). The smallest absolute Gasteiger partial charge is 0.256 e. The average molecular weight is 421 g/mol. The lowest BCUT2D eigenvalue weighted by molar-refractivity contribution is 0.0968. The van der Waals surface area contributed by atoms with Gasteiger partial charge in [0.2, 0.25) is 9.84 Å². The first-order chi connectivity index (χ1) is 11.8. The number of amides is 1. The van der Waals surface area contributed by atoms with E-state index in [1.54, 1.807) is 12.1 Å². The Balaban J connectivity index is 2.37.